The largest absolute Gasteiger partial charge is 0.493 e. The van der Waals surface area contributed by atoms with Crippen LogP contribution in [0.4, 0.5) is 0 Å². The molecular formula is C16H13ClN2O4S2. The highest BCUT2D eigenvalue weighted by Crippen LogP contribution is 2.33. The standard InChI is InChI=1S/C16H13ClN2O4S2/c1-21-11-4-3-9(7-12(11)22-2)15-18-19-16(23-15)24-8-10(20)13-5-6-14(17)25-13/h3-7H,8H2,1-2H3. The average molecular weight is 397 g/mol. The SMILES string of the molecule is COc1ccc(-c2nnc(SCC(=O)c3ccc(Cl)s3)o2)cc1OC. The van der Waals surface area contributed by atoms with E-state index in [1.54, 1.807) is 44.6 Å². The molecule has 0 aliphatic carbocycles. The molecule has 0 aliphatic heterocycles. The van der Waals surface area contributed by atoms with Gasteiger partial charge in [-0.25, -0.2) is 0 Å². The number of halogens is 1. The van der Waals surface area contributed by atoms with E-state index in [2.05, 4.69) is 10.2 Å². The number of carbonyl (C=O) groups is 1. The van der Waals surface area contributed by atoms with Crippen LogP contribution in [0.15, 0.2) is 40.0 Å². The summed E-state index contributed by atoms with van der Waals surface area (Å²) in [4.78, 5) is 12.7. The Balaban J connectivity index is 1.69. The van der Waals surface area contributed by atoms with Crippen LogP contribution in [0, 0.1) is 0 Å². The quantitative estimate of drug-likeness (QED) is 0.431. The molecule has 9 heteroatoms. The molecule has 0 radical (unpaired) electrons. The van der Waals surface area contributed by atoms with Gasteiger partial charge in [-0.2, -0.15) is 0 Å². The molecule has 0 unspecified atom stereocenters. The third-order valence-corrected chi connectivity index (χ3v) is 5.30. The van der Waals surface area contributed by atoms with Gasteiger partial charge in [0, 0.05) is 5.56 Å². The van der Waals surface area contributed by atoms with E-state index >= 15 is 0 Å². The summed E-state index contributed by atoms with van der Waals surface area (Å²) in [7, 11) is 3.12. The van der Waals surface area contributed by atoms with Gasteiger partial charge in [0.1, 0.15) is 0 Å². The summed E-state index contributed by atoms with van der Waals surface area (Å²) in [6.45, 7) is 0. The van der Waals surface area contributed by atoms with Gasteiger partial charge in [0.05, 0.1) is 29.2 Å². The van der Waals surface area contributed by atoms with Crippen LogP contribution in [0.2, 0.25) is 4.34 Å². The smallest absolute Gasteiger partial charge is 0.277 e. The molecule has 0 bridgehead atoms. The molecule has 0 saturated heterocycles. The van der Waals surface area contributed by atoms with Crippen LogP contribution in [0.5, 0.6) is 11.5 Å². The molecule has 0 amide bonds. The Hall–Kier alpha value is -2.03. The van der Waals surface area contributed by atoms with Gasteiger partial charge in [0.15, 0.2) is 17.3 Å². The average Bonchev–Trinajstić information content (AvgIpc) is 3.28. The number of thiophene rings is 1. The fourth-order valence-corrected chi connectivity index (χ4v) is 3.74. The zero-order valence-electron chi connectivity index (χ0n) is 13.3. The lowest BCUT2D eigenvalue weighted by Crippen LogP contribution is -1.98. The van der Waals surface area contributed by atoms with Gasteiger partial charge in [0.2, 0.25) is 5.89 Å². The van der Waals surface area contributed by atoms with Crippen LogP contribution < -0.4 is 9.47 Å². The summed E-state index contributed by atoms with van der Waals surface area (Å²) in [6.07, 6.45) is 0. The predicted octanol–water partition coefficient (Wildman–Crippen LogP) is 4.44. The van der Waals surface area contributed by atoms with E-state index in [0.29, 0.717) is 37.4 Å². The lowest BCUT2D eigenvalue weighted by molar-refractivity contribution is 0.102. The molecule has 2 heterocycles. The number of nitrogens with zero attached hydrogens (tertiary/aromatic N) is 2. The molecule has 3 rings (SSSR count). The van der Waals surface area contributed by atoms with Gasteiger partial charge in [-0.05, 0) is 30.3 Å². The van der Waals surface area contributed by atoms with Crippen LogP contribution in [0.1, 0.15) is 9.67 Å². The number of Topliss-reactive ketones (excluding diaryl/α,β-unsaturated/α-hetero) is 1. The number of carbonyl (C=O) groups excluding carboxylic acids is 1. The molecule has 2 aromatic heterocycles. The zero-order chi connectivity index (χ0) is 17.8. The molecule has 3 aromatic rings. The minimum atomic E-state index is -0.0345. The normalized spacial score (nSPS) is 10.7. The molecule has 0 saturated carbocycles. The van der Waals surface area contributed by atoms with E-state index in [0.717, 1.165) is 0 Å². The van der Waals surface area contributed by atoms with Gasteiger partial charge in [-0.1, -0.05) is 23.4 Å². The highest BCUT2D eigenvalue weighted by molar-refractivity contribution is 7.99. The molecule has 0 atom stereocenters. The van der Waals surface area contributed by atoms with Gasteiger partial charge in [-0.15, -0.1) is 21.5 Å². The van der Waals surface area contributed by atoms with E-state index in [1.807, 2.05) is 0 Å². The Bertz CT molecular complexity index is 894. The molecule has 1 aromatic carbocycles. The maximum Gasteiger partial charge on any atom is 0.277 e. The minimum Gasteiger partial charge on any atom is -0.493 e. The summed E-state index contributed by atoms with van der Waals surface area (Å²) in [5, 5.41) is 8.29. The van der Waals surface area contributed by atoms with Crippen molar-refractivity contribution in [3.05, 3.63) is 39.5 Å². The number of thioether (sulfide) groups is 1. The first kappa shape index (κ1) is 17.8. The minimum absolute atomic E-state index is 0.0345. The molecule has 0 N–H and O–H groups in total. The van der Waals surface area contributed by atoms with Crippen molar-refractivity contribution < 1.29 is 18.7 Å². The lowest BCUT2D eigenvalue weighted by Gasteiger charge is -2.07. The summed E-state index contributed by atoms with van der Waals surface area (Å²) in [5.74, 6) is 1.69. The van der Waals surface area contributed by atoms with Gasteiger partial charge in [-0.3, -0.25) is 4.79 Å². The van der Waals surface area contributed by atoms with Crippen molar-refractivity contribution in [2.45, 2.75) is 5.22 Å². The summed E-state index contributed by atoms with van der Waals surface area (Å²) in [6, 6.07) is 8.71. The monoisotopic (exact) mass is 396 g/mol. The molecule has 25 heavy (non-hydrogen) atoms. The first-order valence-electron chi connectivity index (χ1n) is 7.08. The van der Waals surface area contributed by atoms with Crippen LogP contribution in [-0.4, -0.2) is 36.0 Å². The summed E-state index contributed by atoms with van der Waals surface area (Å²) in [5.41, 5.74) is 0.702. The fraction of sp³-hybridized carbons (Fsp3) is 0.188. The maximum atomic E-state index is 12.1. The van der Waals surface area contributed by atoms with Crippen molar-refractivity contribution in [1.82, 2.24) is 10.2 Å². The molecule has 6 nitrogen and oxygen atoms in total. The van der Waals surface area contributed by atoms with Crippen molar-refractivity contribution in [1.29, 1.82) is 0 Å². The summed E-state index contributed by atoms with van der Waals surface area (Å²) >= 11 is 8.27. The maximum absolute atomic E-state index is 12.1. The Morgan fingerprint density at radius 1 is 1.20 bits per heavy atom. The van der Waals surface area contributed by atoms with Crippen molar-refractivity contribution >= 4 is 40.5 Å². The topological polar surface area (TPSA) is 74.5 Å². The van der Waals surface area contributed by atoms with Gasteiger partial charge in [0.25, 0.3) is 5.22 Å². The van der Waals surface area contributed by atoms with Crippen LogP contribution in [-0.2, 0) is 0 Å². The Morgan fingerprint density at radius 3 is 2.68 bits per heavy atom. The number of rotatable bonds is 7. The lowest BCUT2D eigenvalue weighted by atomic mass is 10.2. The van der Waals surface area contributed by atoms with Crippen molar-refractivity contribution in [2.24, 2.45) is 0 Å². The predicted molar refractivity (Wildman–Crippen MR) is 97.2 cm³/mol. The van der Waals surface area contributed by atoms with Crippen LogP contribution in [0.25, 0.3) is 11.5 Å². The molecule has 0 spiro atoms. The highest BCUT2D eigenvalue weighted by Gasteiger charge is 2.15. The van der Waals surface area contributed by atoms with Crippen molar-refractivity contribution in [2.75, 3.05) is 20.0 Å². The first-order chi connectivity index (χ1) is 12.1. The van der Waals surface area contributed by atoms with Crippen LogP contribution >= 0.6 is 34.7 Å². The molecule has 0 fully saturated rings. The van der Waals surface area contributed by atoms with E-state index < -0.39 is 0 Å². The Morgan fingerprint density at radius 2 is 2.00 bits per heavy atom. The number of hydrogen-bond donors (Lipinski definition) is 0. The number of benzene rings is 1. The third-order valence-electron chi connectivity index (χ3n) is 3.21. The van der Waals surface area contributed by atoms with Gasteiger partial charge < -0.3 is 13.9 Å². The highest BCUT2D eigenvalue weighted by atomic mass is 35.5. The zero-order valence-corrected chi connectivity index (χ0v) is 15.7. The third kappa shape index (κ3) is 4.15. The van der Waals surface area contributed by atoms with E-state index in [1.165, 1.54) is 23.1 Å². The molecule has 130 valence electrons. The fourth-order valence-electron chi connectivity index (χ4n) is 2.02. The second-order valence-electron chi connectivity index (χ2n) is 4.76. The molecular weight excluding hydrogens is 384 g/mol. The second-order valence-corrected chi connectivity index (χ2v) is 7.40. The van der Waals surface area contributed by atoms with Gasteiger partial charge >= 0.3 is 0 Å². The number of methoxy groups -OCH3 is 2. The Labute approximate surface area is 157 Å². The Kier molecular flexibility index (Phi) is 5.62. The van der Waals surface area contributed by atoms with E-state index in [9.17, 15) is 4.79 Å². The number of ether oxygens (including phenoxy) is 2. The number of aromatic nitrogens is 2. The number of ketones is 1. The van der Waals surface area contributed by atoms with Crippen molar-refractivity contribution in [3.8, 4) is 23.0 Å². The first-order valence-corrected chi connectivity index (χ1v) is 9.26. The summed E-state index contributed by atoms with van der Waals surface area (Å²) < 4.78 is 16.6. The number of hydrogen-bond acceptors (Lipinski definition) is 8. The van der Waals surface area contributed by atoms with E-state index in [-0.39, 0.29) is 11.5 Å². The molecule has 0 aliphatic rings. The van der Waals surface area contributed by atoms with Crippen LogP contribution in [0.3, 0.4) is 0 Å². The van der Waals surface area contributed by atoms with E-state index in [4.69, 9.17) is 25.5 Å². The second kappa shape index (κ2) is 7.90. The van der Waals surface area contributed by atoms with Crippen molar-refractivity contribution in [3.63, 3.8) is 0 Å².